The average Bonchev–Trinajstić information content (AvgIpc) is 3.13. The van der Waals surface area contributed by atoms with Gasteiger partial charge in [-0.05, 0) is 49.9 Å². The maximum Gasteiger partial charge on any atom is 0.0902 e. The highest BCUT2D eigenvalue weighted by molar-refractivity contribution is 7.11. The van der Waals surface area contributed by atoms with E-state index in [9.17, 15) is 0 Å². The van der Waals surface area contributed by atoms with Gasteiger partial charge in [-0.1, -0.05) is 39.5 Å². The Hall–Kier alpha value is -1.02. The number of unbranched alkanes of at least 4 members (excludes halogenated alkanes) is 4. The minimum atomic E-state index is 1.30. The molecule has 0 saturated carbocycles. The van der Waals surface area contributed by atoms with Gasteiger partial charge in [0.1, 0.15) is 0 Å². The lowest BCUT2D eigenvalue weighted by molar-refractivity contribution is 0.567. The Labute approximate surface area is 128 Å². The zero-order chi connectivity index (χ0) is 14.5. The van der Waals surface area contributed by atoms with Gasteiger partial charge in [-0.2, -0.15) is 0 Å². The average molecular weight is 292 g/mol. The van der Waals surface area contributed by atoms with E-state index in [0.717, 1.165) is 0 Å². The summed E-state index contributed by atoms with van der Waals surface area (Å²) < 4.78 is 4.58. The van der Waals surface area contributed by atoms with Gasteiger partial charge in [0.2, 0.25) is 0 Å². The van der Waals surface area contributed by atoms with Crippen molar-refractivity contribution in [3.8, 4) is 0 Å². The standard InChI is InChI=1S/C14H24S.C4H4O/c1-3-5-7-9-13-11-12-14(15-13)10-8-6-4-2;1-2-4-5-3-1/h11-12H,3-10H2,1-2H3;1-4H. The molecule has 0 unspecified atom stereocenters. The Morgan fingerprint density at radius 3 is 1.65 bits per heavy atom. The molecule has 2 heterocycles. The fraction of sp³-hybridized carbons (Fsp3) is 0.556. The molecule has 20 heavy (non-hydrogen) atoms. The van der Waals surface area contributed by atoms with E-state index in [4.69, 9.17) is 0 Å². The molecule has 0 amide bonds. The minimum absolute atomic E-state index is 1.30. The van der Waals surface area contributed by atoms with E-state index in [1.807, 2.05) is 23.5 Å². The molecule has 2 heteroatoms. The van der Waals surface area contributed by atoms with Crippen molar-refractivity contribution >= 4 is 11.3 Å². The third-order valence-corrected chi connectivity index (χ3v) is 4.40. The van der Waals surface area contributed by atoms with E-state index in [0.29, 0.717) is 0 Å². The first-order valence-electron chi connectivity index (χ1n) is 7.91. The van der Waals surface area contributed by atoms with E-state index in [-0.39, 0.29) is 0 Å². The molecular weight excluding hydrogens is 264 g/mol. The highest BCUT2D eigenvalue weighted by atomic mass is 32.1. The van der Waals surface area contributed by atoms with Crippen LogP contribution in [0.2, 0.25) is 0 Å². The highest BCUT2D eigenvalue weighted by Crippen LogP contribution is 2.20. The summed E-state index contributed by atoms with van der Waals surface area (Å²) in [6.45, 7) is 4.54. The van der Waals surface area contributed by atoms with Gasteiger partial charge in [-0.3, -0.25) is 0 Å². The van der Waals surface area contributed by atoms with Crippen molar-refractivity contribution in [1.82, 2.24) is 0 Å². The van der Waals surface area contributed by atoms with E-state index in [1.54, 1.807) is 22.3 Å². The first kappa shape index (κ1) is 17.0. The fourth-order valence-electron chi connectivity index (χ4n) is 2.02. The molecule has 0 spiro atoms. The Bertz CT molecular complexity index is 361. The lowest BCUT2D eigenvalue weighted by atomic mass is 10.2. The molecule has 2 aromatic heterocycles. The molecule has 0 bridgehead atoms. The number of rotatable bonds is 8. The molecule has 0 aliphatic carbocycles. The van der Waals surface area contributed by atoms with Gasteiger partial charge < -0.3 is 4.42 Å². The van der Waals surface area contributed by atoms with E-state index in [2.05, 4.69) is 30.4 Å². The summed E-state index contributed by atoms with van der Waals surface area (Å²) in [5, 5.41) is 0. The molecule has 112 valence electrons. The van der Waals surface area contributed by atoms with Crippen LogP contribution in [0.25, 0.3) is 0 Å². The van der Waals surface area contributed by atoms with E-state index >= 15 is 0 Å². The molecule has 2 aromatic rings. The fourth-order valence-corrected chi connectivity index (χ4v) is 3.12. The quantitative estimate of drug-likeness (QED) is 0.506. The Kier molecular flexibility index (Phi) is 10.0. The molecule has 0 aromatic carbocycles. The SMILES string of the molecule is CCCCCc1ccc(CCCCC)s1.c1ccoc1. The molecule has 0 radical (unpaired) electrons. The maximum atomic E-state index is 4.58. The van der Waals surface area contributed by atoms with Crippen molar-refractivity contribution in [3.63, 3.8) is 0 Å². The van der Waals surface area contributed by atoms with Crippen molar-refractivity contribution in [2.75, 3.05) is 0 Å². The second-order valence-electron chi connectivity index (χ2n) is 5.08. The summed E-state index contributed by atoms with van der Waals surface area (Å²) in [5.74, 6) is 0. The van der Waals surface area contributed by atoms with Crippen LogP contribution < -0.4 is 0 Å². The molecule has 2 rings (SSSR count). The van der Waals surface area contributed by atoms with Gasteiger partial charge in [0.15, 0.2) is 0 Å². The van der Waals surface area contributed by atoms with E-state index < -0.39 is 0 Å². The van der Waals surface area contributed by atoms with E-state index in [1.165, 1.54) is 51.4 Å². The third kappa shape index (κ3) is 8.21. The monoisotopic (exact) mass is 292 g/mol. The van der Waals surface area contributed by atoms with Gasteiger partial charge >= 0.3 is 0 Å². The Balaban J connectivity index is 0.000000333. The van der Waals surface area contributed by atoms with Gasteiger partial charge in [0.25, 0.3) is 0 Å². The van der Waals surface area contributed by atoms with Crippen LogP contribution in [0.4, 0.5) is 0 Å². The molecule has 0 atom stereocenters. The molecule has 0 aliphatic rings. The largest absolute Gasteiger partial charge is 0.473 e. The minimum Gasteiger partial charge on any atom is -0.473 e. The van der Waals surface area contributed by atoms with Crippen molar-refractivity contribution < 1.29 is 4.42 Å². The summed E-state index contributed by atoms with van der Waals surface area (Å²) in [4.78, 5) is 3.19. The zero-order valence-electron chi connectivity index (χ0n) is 12.9. The first-order chi connectivity index (χ1) is 9.86. The number of furan rings is 1. The number of aryl methyl sites for hydroxylation is 2. The second kappa shape index (κ2) is 11.8. The Morgan fingerprint density at radius 2 is 1.30 bits per heavy atom. The second-order valence-corrected chi connectivity index (χ2v) is 6.33. The van der Waals surface area contributed by atoms with Crippen LogP contribution >= 0.6 is 11.3 Å². The van der Waals surface area contributed by atoms with Crippen molar-refractivity contribution in [2.24, 2.45) is 0 Å². The lowest BCUT2D eigenvalue weighted by Crippen LogP contribution is -1.80. The van der Waals surface area contributed by atoms with Crippen LogP contribution in [0, 0.1) is 0 Å². The highest BCUT2D eigenvalue weighted by Gasteiger charge is 1.99. The smallest absolute Gasteiger partial charge is 0.0902 e. The summed E-state index contributed by atoms with van der Waals surface area (Å²) in [6, 6.07) is 8.34. The summed E-state index contributed by atoms with van der Waals surface area (Å²) in [6.07, 6.45) is 14.0. The molecule has 1 nitrogen and oxygen atoms in total. The molecule has 0 aliphatic heterocycles. The lowest BCUT2D eigenvalue weighted by Gasteiger charge is -1.96. The summed E-state index contributed by atoms with van der Waals surface area (Å²) in [5.41, 5.74) is 0. The number of hydrogen-bond acceptors (Lipinski definition) is 2. The topological polar surface area (TPSA) is 13.1 Å². The van der Waals surface area contributed by atoms with Crippen molar-refractivity contribution in [1.29, 1.82) is 0 Å². The van der Waals surface area contributed by atoms with Crippen molar-refractivity contribution in [3.05, 3.63) is 46.5 Å². The predicted molar refractivity (Wildman–Crippen MR) is 89.5 cm³/mol. The van der Waals surface area contributed by atoms with Crippen LogP contribution in [-0.2, 0) is 12.8 Å². The van der Waals surface area contributed by atoms with Gasteiger partial charge in [-0.25, -0.2) is 0 Å². The molecule has 0 saturated heterocycles. The van der Waals surface area contributed by atoms with Gasteiger partial charge in [-0.15, -0.1) is 11.3 Å². The predicted octanol–water partition coefficient (Wildman–Crippen LogP) is 6.49. The normalized spacial score (nSPS) is 10.1. The molecular formula is C18H28OS. The van der Waals surface area contributed by atoms with Crippen molar-refractivity contribution in [2.45, 2.75) is 65.2 Å². The van der Waals surface area contributed by atoms with Crippen LogP contribution in [0.5, 0.6) is 0 Å². The number of thiophene rings is 1. The first-order valence-corrected chi connectivity index (χ1v) is 8.73. The molecule has 0 fully saturated rings. The zero-order valence-corrected chi connectivity index (χ0v) is 13.8. The Morgan fingerprint density at radius 1 is 0.800 bits per heavy atom. The van der Waals surface area contributed by atoms with Crippen LogP contribution in [0.1, 0.15) is 62.1 Å². The number of hydrogen-bond donors (Lipinski definition) is 0. The van der Waals surface area contributed by atoms with Crippen LogP contribution in [0.15, 0.2) is 41.2 Å². The van der Waals surface area contributed by atoms with Crippen LogP contribution in [0.3, 0.4) is 0 Å². The maximum absolute atomic E-state index is 4.58. The van der Waals surface area contributed by atoms with Gasteiger partial charge in [0.05, 0.1) is 12.5 Å². The van der Waals surface area contributed by atoms with Gasteiger partial charge in [0, 0.05) is 9.75 Å². The summed E-state index contributed by atoms with van der Waals surface area (Å²) >= 11 is 2.03. The van der Waals surface area contributed by atoms with Crippen LogP contribution in [-0.4, -0.2) is 0 Å². The third-order valence-electron chi connectivity index (χ3n) is 3.20. The molecule has 0 N–H and O–H groups in total. The summed E-state index contributed by atoms with van der Waals surface area (Å²) in [7, 11) is 0.